The van der Waals surface area contributed by atoms with Crippen LogP contribution in [-0.2, 0) is 0 Å². The molecular formula is C10H19N5O. The van der Waals surface area contributed by atoms with Crippen molar-refractivity contribution in [2.45, 2.75) is 26.8 Å². The average molecular weight is 225 g/mol. The second kappa shape index (κ2) is 5.62. The Morgan fingerprint density at radius 3 is 2.56 bits per heavy atom. The summed E-state index contributed by atoms with van der Waals surface area (Å²) < 4.78 is 0. The van der Waals surface area contributed by atoms with Gasteiger partial charge in [0.2, 0.25) is 0 Å². The van der Waals surface area contributed by atoms with Crippen LogP contribution in [0.1, 0.15) is 19.7 Å². The highest BCUT2D eigenvalue weighted by Crippen LogP contribution is 2.13. The fourth-order valence-corrected chi connectivity index (χ4v) is 1.25. The third kappa shape index (κ3) is 3.32. The Bertz CT molecular complexity index is 344. The number of hydrogen-bond acceptors (Lipinski definition) is 6. The van der Waals surface area contributed by atoms with Crippen LogP contribution in [0.3, 0.4) is 0 Å². The van der Waals surface area contributed by atoms with Gasteiger partial charge >= 0.3 is 0 Å². The molecule has 1 heterocycles. The molecule has 1 rings (SSSR count). The summed E-state index contributed by atoms with van der Waals surface area (Å²) in [5.74, 6) is 7.36. The van der Waals surface area contributed by atoms with Gasteiger partial charge in [0.05, 0.1) is 0 Å². The predicted molar refractivity (Wildman–Crippen MR) is 63.9 cm³/mol. The maximum absolute atomic E-state index is 9.03. The number of anilines is 2. The van der Waals surface area contributed by atoms with Crippen LogP contribution in [0.5, 0.6) is 0 Å². The lowest BCUT2D eigenvalue weighted by Gasteiger charge is -2.20. The minimum Gasteiger partial charge on any atom is -0.396 e. The number of nitrogen functional groups attached to an aromatic ring is 1. The number of hydrogen-bond donors (Lipinski definition) is 4. The van der Waals surface area contributed by atoms with E-state index in [1.807, 2.05) is 13.8 Å². The number of aryl methyl sites for hydroxylation is 1. The molecular weight excluding hydrogens is 206 g/mol. The van der Waals surface area contributed by atoms with Gasteiger partial charge in [-0.15, -0.1) is 0 Å². The summed E-state index contributed by atoms with van der Waals surface area (Å²) in [5.41, 5.74) is 2.48. The summed E-state index contributed by atoms with van der Waals surface area (Å²) >= 11 is 0. The molecule has 6 nitrogen and oxygen atoms in total. The van der Waals surface area contributed by atoms with Gasteiger partial charge in [-0.1, -0.05) is 6.92 Å². The summed E-state index contributed by atoms with van der Waals surface area (Å²) in [6, 6.07) is 1.86. The van der Waals surface area contributed by atoms with E-state index in [0.717, 1.165) is 0 Å². The predicted octanol–water partition coefficient (Wildman–Crippen LogP) is 0.499. The van der Waals surface area contributed by atoms with E-state index in [-0.39, 0.29) is 18.6 Å². The van der Waals surface area contributed by atoms with Crippen molar-refractivity contribution < 1.29 is 5.11 Å². The molecule has 90 valence electrons. The minimum atomic E-state index is 0.130. The lowest BCUT2D eigenvalue weighted by molar-refractivity contribution is 0.226. The first kappa shape index (κ1) is 12.7. The van der Waals surface area contributed by atoms with Gasteiger partial charge in [-0.05, 0) is 19.8 Å². The first-order valence-electron chi connectivity index (χ1n) is 5.26. The summed E-state index contributed by atoms with van der Waals surface area (Å²) in [5, 5.41) is 12.2. The topological polar surface area (TPSA) is 96.1 Å². The van der Waals surface area contributed by atoms with Gasteiger partial charge in [-0.3, -0.25) is 0 Å². The van der Waals surface area contributed by atoms with Crippen LogP contribution >= 0.6 is 0 Å². The van der Waals surface area contributed by atoms with Crippen LogP contribution in [0.2, 0.25) is 0 Å². The maximum atomic E-state index is 9.03. The highest BCUT2D eigenvalue weighted by atomic mass is 16.3. The smallest absolute Gasteiger partial charge is 0.145 e. The van der Waals surface area contributed by atoms with Gasteiger partial charge < -0.3 is 15.8 Å². The van der Waals surface area contributed by atoms with E-state index in [1.54, 1.807) is 13.0 Å². The van der Waals surface area contributed by atoms with Crippen molar-refractivity contribution in [3.63, 3.8) is 0 Å². The van der Waals surface area contributed by atoms with Crippen LogP contribution in [0.4, 0.5) is 11.6 Å². The zero-order valence-corrected chi connectivity index (χ0v) is 9.86. The van der Waals surface area contributed by atoms with Crippen LogP contribution in [0, 0.1) is 12.8 Å². The Hall–Kier alpha value is -1.40. The molecule has 0 radical (unpaired) electrons. The van der Waals surface area contributed by atoms with Crippen LogP contribution in [-0.4, -0.2) is 27.7 Å². The van der Waals surface area contributed by atoms with Gasteiger partial charge in [0, 0.05) is 18.7 Å². The van der Waals surface area contributed by atoms with Crippen molar-refractivity contribution in [1.82, 2.24) is 9.97 Å². The number of aliphatic hydroxyl groups is 1. The van der Waals surface area contributed by atoms with Crippen molar-refractivity contribution in [3.8, 4) is 0 Å². The molecule has 2 atom stereocenters. The van der Waals surface area contributed by atoms with Gasteiger partial charge in [-0.25, -0.2) is 15.8 Å². The molecule has 0 fully saturated rings. The highest BCUT2D eigenvalue weighted by molar-refractivity contribution is 5.47. The van der Waals surface area contributed by atoms with Crippen molar-refractivity contribution in [2.24, 2.45) is 11.8 Å². The van der Waals surface area contributed by atoms with E-state index in [0.29, 0.717) is 17.5 Å². The molecule has 0 bridgehead atoms. The van der Waals surface area contributed by atoms with E-state index in [4.69, 9.17) is 10.9 Å². The number of hydrazine groups is 1. The lowest BCUT2D eigenvalue weighted by Crippen LogP contribution is -2.27. The largest absolute Gasteiger partial charge is 0.396 e. The quantitative estimate of drug-likeness (QED) is 0.430. The Morgan fingerprint density at radius 1 is 1.38 bits per heavy atom. The molecule has 0 spiro atoms. The molecule has 0 saturated carbocycles. The fraction of sp³-hybridized carbons (Fsp3) is 0.600. The zero-order chi connectivity index (χ0) is 12.1. The molecule has 0 aliphatic carbocycles. The second-order valence-corrected chi connectivity index (χ2v) is 3.92. The van der Waals surface area contributed by atoms with Gasteiger partial charge in [0.15, 0.2) is 0 Å². The third-order valence-corrected chi connectivity index (χ3v) is 2.50. The normalized spacial score (nSPS) is 14.3. The average Bonchev–Trinajstić information content (AvgIpc) is 2.26. The monoisotopic (exact) mass is 225 g/mol. The summed E-state index contributed by atoms with van der Waals surface area (Å²) in [4.78, 5) is 8.33. The van der Waals surface area contributed by atoms with Crippen molar-refractivity contribution in [3.05, 3.63) is 11.9 Å². The number of rotatable bonds is 5. The van der Waals surface area contributed by atoms with E-state index >= 15 is 0 Å². The van der Waals surface area contributed by atoms with Crippen molar-refractivity contribution in [1.29, 1.82) is 0 Å². The highest BCUT2D eigenvalue weighted by Gasteiger charge is 2.12. The SMILES string of the molecule is Cc1nc(NN)cc(NC(C)C(C)CO)n1. The first-order valence-corrected chi connectivity index (χ1v) is 5.26. The van der Waals surface area contributed by atoms with Gasteiger partial charge in [-0.2, -0.15) is 0 Å². The Balaban J connectivity index is 2.76. The Morgan fingerprint density at radius 2 is 2.00 bits per heavy atom. The van der Waals surface area contributed by atoms with E-state index < -0.39 is 0 Å². The van der Waals surface area contributed by atoms with Gasteiger partial charge in [0.1, 0.15) is 17.5 Å². The number of nitrogens with zero attached hydrogens (tertiary/aromatic N) is 2. The molecule has 1 aromatic heterocycles. The molecule has 1 aromatic rings. The van der Waals surface area contributed by atoms with E-state index in [2.05, 4.69) is 20.7 Å². The molecule has 0 amide bonds. The van der Waals surface area contributed by atoms with Gasteiger partial charge in [0.25, 0.3) is 0 Å². The number of nitrogens with two attached hydrogens (primary N) is 1. The number of nitrogens with one attached hydrogen (secondary N) is 2. The lowest BCUT2D eigenvalue weighted by atomic mass is 10.1. The first-order chi connectivity index (χ1) is 7.56. The van der Waals surface area contributed by atoms with E-state index in [9.17, 15) is 0 Å². The van der Waals surface area contributed by atoms with E-state index in [1.165, 1.54) is 0 Å². The standard InChI is InChI=1S/C10H19N5O/c1-6(5-16)7(2)12-9-4-10(15-11)14-8(3)13-9/h4,6-7,16H,5,11H2,1-3H3,(H2,12,13,14,15). The molecule has 0 saturated heterocycles. The summed E-state index contributed by atoms with van der Waals surface area (Å²) in [6.45, 7) is 5.90. The molecule has 16 heavy (non-hydrogen) atoms. The maximum Gasteiger partial charge on any atom is 0.145 e. The van der Waals surface area contributed by atoms with Crippen molar-refractivity contribution in [2.75, 3.05) is 17.3 Å². The zero-order valence-electron chi connectivity index (χ0n) is 9.86. The number of aromatic nitrogens is 2. The fourth-order valence-electron chi connectivity index (χ4n) is 1.25. The molecule has 5 N–H and O–H groups in total. The van der Waals surface area contributed by atoms with Crippen LogP contribution < -0.4 is 16.6 Å². The third-order valence-electron chi connectivity index (χ3n) is 2.50. The number of aliphatic hydroxyl groups excluding tert-OH is 1. The molecule has 0 aliphatic rings. The molecule has 0 aromatic carbocycles. The molecule has 0 aliphatic heterocycles. The Kier molecular flexibility index (Phi) is 4.45. The second-order valence-electron chi connectivity index (χ2n) is 3.92. The summed E-state index contributed by atoms with van der Waals surface area (Å²) in [7, 11) is 0. The molecule has 2 unspecified atom stereocenters. The van der Waals surface area contributed by atoms with Crippen molar-refractivity contribution >= 4 is 11.6 Å². The molecule has 6 heteroatoms. The minimum absolute atomic E-state index is 0.130. The van der Waals surface area contributed by atoms with Crippen LogP contribution in [0.25, 0.3) is 0 Å². The Labute approximate surface area is 95.3 Å². The summed E-state index contributed by atoms with van der Waals surface area (Å²) in [6.07, 6.45) is 0. The van der Waals surface area contributed by atoms with Crippen LogP contribution in [0.15, 0.2) is 6.07 Å².